The third-order valence-corrected chi connectivity index (χ3v) is 4.45. The second-order valence-corrected chi connectivity index (χ2v) is 6.40. The largest absolute Gasteiger partial charge is 0.364 e. The quantitative estimate of drug-likeness (QED) is 0.814. The van der Waals surface area contributed by atoms with Crippen LogP contribution in [0.25, 0.3) is 11.2 Å². The molecule has 2 aromatic rings. The topological polar surface area (TPSA) is 97.5 Å². The van der Waals surface area contributed by atoms with E-state index in [1.165, 1.54) is 0 Å². The minimum atomic E-state index is -0.485. The van der Waals surface area contributed by atoms with Crippen molar-refractivity contribution >= 4 is 22.8 Å². The van der Waals surface area contributed by atoms with E-state index in [1.54, 1.807) is 23.5 Å². The molecule has 8 nitrogen and oxygen atoms in total. The average molecular weight is 328 g/mol. The normalized spacial score (nSPS) is 24.9. The van der Waals surface area contributed by atoms with Crippen LogP contribution < -0.4 is 10.6 Å². The number of ether oxygens (including phenoxy) is 1. The lowest BCUT2D eigenvalue weighted by molar-refractivity contribution is -0.152. The summed E-state index contributed by atoms with van der Waals surface area (Å²) in [5.74, 6) is 0.0118. The van der Waals surface area contributed by atoms with Gasteiger partial charge >= 0.3 is 0 Å². The molecule has 0 bridgehead atoms. The first-order valence-corrected chi connectivity index (χ1v) is 8.12. The minimum Gasteiger partial charge on any atom is -0.364 e. The SMILES string of the molecule is CC1CN(c2ccnc3nccnc23)CC(C(=O)N2CC(N)C2)O1. The van der Waals surface area contributed by atoms with Crippen molar-refractivity contribution in [3.63, 3.8) is 0 Å². The molecule has 0 saturated carbocycles. The number of nitrogens with zero attached hydrogens (tertiary/aromatic N) is 5. The Bertz CT molecular complexity index is 758. The van der Waals surface area contributed by atoms with Gasteiger partial charge in [-0.2, -0.15) is 0 Å². The number of amides is 1. The molecule has 8 heteroatoms. The summed E-state index contributed by atoms with van der Waals surface area (Å²) >= 11 is 0. The van der Waals surface area contributed by atoms with Gasteiger partial charge < -0.3 is 20.3 Å². The maximum atomic E-state index is 12.6. The first-order valence-electron chi connectivity index (χ1n) is 8.12. The molecule has 24 heavy (non-hydrogen) atoms. The van der Waals surface area contributed by atoms with Crippen molar-refractivity contribution in [3.8, 4) is 0 Å². The van der Waals surface area contributed by atoms with E-state index in [4.69, 9.17) is 10.5 Å². The summed E-state index contributed by atoms with van der Waals surface area (Å²) < 4.78 is 5.88. The molecule has 2 N–H and O–H groups in total. The van der Waals surface area contributed by atoms with Crippen LogP contribution in [0.3, 0.4) is 0 Å². The highest BCUT2D eigenvalue weighted by molar-refractivity contribution is 5.87. The van der Waals surface area contributed by atoms with Crippen LogP contribution in [0.5, 0.6) is 0 Å². The van der Waals surface area contributed by atoms with Crippen LogP contribution in [0.15, 0.2) is 24.7 Å². The van der Waals surface area contributed by atoms with Gasteiger partial charge in [0, 0.05) is 44.3 Å². The number of hydrogen-bond donors (Lipinski definition) is 1. The summed E-state index contributed by atoms with van der Waals surface area (Å²) in [7, 11) is 0. The number of pyridine rings is 1. The lowest BCUT2D eigenvalue weighted by atomic mass is 10.1. The molecule has 1 amide bonds. The van der Waals surface area contributed by atoms with Gasteiger partial charge in [0.25, 0.3) is 5.91 Å². The lowest BCUT2D eigenvalue weighted by Crippen LogP contribution is -2.63. The number of fused-ring (bicyclic) bond motifs is 1. The highest BCUT2D eigenvalue weighted by atomic mass is 16.5. The van der Waals surface area contributed by atoms with Crippen LogP contribution in [0.1, 0.15) is 6.92 Å². The Balaban J connectivity index is 1.59. The van der Waals surface area contributed by atoms with Gasteiger partial charge in [-0.25, -0.2) is 15.0 Å². The standard InChI is InChI=1S/C16H20N6O2/c1-10-6-21(9-13(24-10)16(23)22-7-11(17)8-22)12-2-3-19-15-14(12)18-4-5-20-15/h2-5,10-11,13H,6-9,17H2,1H3. The summed E-state index contributed by atoms with van der Waals surface area (Å²) in [6, 6.07) is 2.00. The average Bonchev–Trinajstić information content (AvgIpc) is 2.57. The molecule has 0 spiro atoms. The van der Waals surface area contributed by atoms with Crippen molar-refractivity contribution in [2.24, 2.45) is 5.73 Å². The van der Waals surface area contributed by atoms with Crippen molar-refractivity contribution in [2.45, 2.75) is 25.2 Å². The van der Waals surface area contributed by atoms with Crippen LogP contribution in [-0.2, 0) is 9.53 Å². The van der Waals surface area contributed by atoms with Crippen LogP contribution in [0.2, 0.25) is 0 Å². The van der Waals surface area contributed by atoms with Crippen molar-refractivity contribution in [3.05, 3.63) is 24.7 Å². The minimum absolute atomic E-state index is 0.0118. The maximum Gasteiger partial charge on any atom is 0.253 e. The van der Waals surface area contributed by atoms with Gasteiger partial charge in [0.15, 0.2) is 11.8 Å². The van der Waals surface area contributed by atoms with Crippen molar-refractivity contribution in [1.82, 2.24) is 19.9 Å². The summed E-state index contributed by atoms with van der Waals surface area (Å²) in [4.78, 5) is 29.4. The number of anilines is 1. The van der Waals surface area contributed by atoms with E-state index in [1.807, 2.05) is 13.0 Å². The number of carbonyl (C=O) groups is 1. The predicted octanol–water partition coefficient (Wildman–Crippen LogP) is -0.212. The van der Waals surface area contributed by atoms with Crippen molar-refractivity contribution in [1.29, 1.82) is 0 Å². The molecule has 4 heterocycles. The number of morpholine rings is 1. The van der Waals surface area contributed by atoms with E-state index in [0.29, 0.717) is 31.8 Å². The van der Waals surface area contributed by atoms with Crippen LogP contribution in [-0.4, -0.2) is 70.2 Å². The Labute approximate surface area is 139 Å². The molecule has 0 aliphatic carbocycles. The van der Waals surface area contributed by atoms with Gasteiger partial charge in [0.05, 0.1) is 18.3 Å². The van der Waals surface area contributed by atoms with Gasteiger partial charge in [-0.05, 0) is 13.0 Å². The van der Waals surface area contributed by atoms with Crippen LogP contribution in [0, 0.1) is 0 Å². The van der Waals surface area contributed by atoms with Crippen molar-refractivity contribution < 1.29 is 9.53 Å². The highest BCUT2D eigenvalue weighted by Crippen LogP contribution is 2.26. The Hall–Kier alpha value is -2.32. The summed E-state index contributed by atoms with van der Waals surface area (Å²) in [6.07, 6.45) is 4.46. The molecule has 2 atom stereocenters. The number of aromatic nitrogens is 3. The summed E-state index contributed by atoms with van der Waals surface area (Å²) in [5, 5.41) is 0. The number of likely N-dealkylation sites (tertiary alicyclic amines) is 1. The fourth-order valence-corrected chi connectivity index (χ4v) is 3.30. The smallest absolute Gasteiger partial charge is 0.253 e. The molecular formula is C16H20N6O2. The Kier molecular flexibility index (Phi) is 3.78. The molecule has 126 valence electrons. The fraction of sp³-hybridized carbons (Fsp3) is 0.500. The van der Waals surface area contributed by atoms with Gasteiger partial charge in [-0.1, -0.05) is 0 Å². The van der Waals surface area contributed by atoms with Gasteiger partial charge in [0.2, 0.25) is 0 Å². The second kappa shape index (κ2) is 5.95. The first kappa shape index (κ1) is 15.2. The summed E-state index contributed by atoms with van der Waals surface area (Å²) in [5.41, 5.74) is 8.05. The first-order chi connectivity index (χ1) is 11.6. The molecule has 2 aliphatic rings. The monoisotopic (exact) mass is 328 g/mol. The number of carbonyl (C=O) groups excluding carboxylic acids is 1. The molecule has 2 fully saturated rings. The molecule has 4 rings (SSSR count). The lowest BCUT2D eigenvalue weighted by Gasteiger charge is -2.43. The fourth-order valence-electron chi connectivity index (χ4n) is 3.30. The third-order valence-electron chi connectivity index (χ3n) is 4.45. The maximum absolute atomic E-state index is 12.6. The third kappa shape index (κ3) is 2.67. The zero-order valence-corrected chi connectivity index (χ0v) is 13.5. The zero-order valence-electron chi connectivity index (χ0n) is 13.5. The van der Waals surface area contributed by atoms with Crippen LogP contribution in [0.4, 0.5) is 5.69 Å². The predicted molar refractivity (Wildman–Crippen MR) is 88.4 cm³/mol. The van der Waals surface area contributed by atoms with E-state index in [0.717, 1.165) is 11.2 Å². The molecule has 2 aromatic heterocycles. The Morgan fingerprint density at radius 1 is 1.17 bits per heavy atom. The van der Waals surface area contributed by atoms with Crippen LogP contribution >= 0.6 is 0 Å². The molecule has 2 unspecified atom stereocenters. The number of hydrogen-bond acceptors (Lipinski definition) is 7. The number of rotatable bonds is 2. The van der Waals surface area contributed by atoms with Gasteiger partial charge in [-0.15, -0.1) is 0 Å². The molecule has 2 saturated heterocycles. The number of nitrogens with two attached hydrogens (primary N) is 1. The molecule has 2 aliphatic heterocycles. The highest BCUT2D eigenvalue weighted by Gasteiger charge is 2.37. The van der Waals surface area contributed by atoms with E-state index in [9.17, 15) is 4.79 Å². The Morgan fingerprint density at radius 3 is 2.71 bits per heavy atom. The molecular weight excluding hydrogens is 308 g/mol. The van der Waals surface area contributed by atoms with Gasteiger partial charge in [-0.3, -0.25) is 4.79 Å². The van der Waals surface area contributed by atoms with Gasteiger partial charge in [0.1, 0.15) is 5.52 Å². The second-order valence-electron chi connectivity index (χ2n) is 6.40. The van der Waals surface area contributed by atoms with E-state index in [2.05, 4.69) is 19.9 Å². The molecule has 0 radical (unpaired) electrons. The van der Waals surface area contributed by atoms with E-state index >= 15 is 0 Å². The van der Waals surface area contributed by atoms with Crippen molar-refractivity contribution in [2.75, 3.05) is 31.1 Å². The summed E-state index contributed by atoms with van der Waals surface area (Å²) in [6.45, 7) is 4.38. The molecule has 0 aromatic carbocycles. The zero-order chi connectivity index (χ0) is 16.7. The Morgan fingerprint density at radius 2 is 1.92 bits per heavy atom. The van der Waals surface area contributed by atoms with E-state index in [-0.39, 0.29) is 18.1 Å². The van der Waals surface area contributed by atoms with E-state index < -0.39 is 6.10 Å².